The smallest absolute Gasteiger partial charge is 0.0568 e. The molecule has 0 bridgehead atoms. The van der Waals surface area contributed by atoms with Crippen molar-refractivity contribution < 1.29 is 5.11 Å². The van der Waals surface area contributed by atoms with Crippen LogP contribution in [0.4, 0.5) is 0 Å². The molecule has 72 valence electrons. The van der Waals surface area contributed by atoms with Crippen LogP contribution in [0.2, 0.25) is 0 Å². The van der Waals surface area contributed by atoms with E-state index >= 15 is 0 Å². The van der Waals surface area contributed by atoms with Crippen molar-refractivity contribution in [3.8, 4) is 0 Å². The van der Waals surface area contributed by atoms with Gasteiger partial charge in [0.1, 0.15) is 0 Å². The van der Waals surface area contributed by atoms with Gasteiger partial charge >= 0.3 is 0 Å². The van der Waals surface area contributed by atoms with Crippen LogP contribution in [0, 0.1) is 11.8 Å². The minimum Gasteiger partial charge on any atom is -0.393 e. The second-order valence-corrected chi connectivity index (χ2v) is 4.20. The van der Waals surface area contributed by atoms with E-state index in [-0.39, 0.29) is 6.10 Å². The fourth-order valence-electron chi connectivity index (χ4n) is 2.40. The Labute approximate surface area is 76.2 Å². The van der Waals surface area contributed by atoms with Gasteiger partial charge in [0, 0.05) is 0 Å². The zero-order chi connectivity index (χ0) is 8.97. The summed E-state index contributed by atoms with van der Waals surface area (Å²) in [7, 11) is 0. The molecule has 0 saturated heterocycles. The molecule has 0 aromatic heterocycles. The standard InChI is InChI=1S/C11H22O/c1-3-5-10-8-9(4-2)6-7-11(10)12/h9-12H,3-8H2,1-2H3. The van der Waals surface area contributed by atoms with E-state index in [0.29, 0.717) is 5.92 Å². The molecule has 1 saturated carbocycles. The molecule has 0 aromatic rings. The topological polar surface area (TPSA) is 20.2 Å². The molecule has 3 unspecified atom stereocenters. The summed E-state index contributed by atoms with van der Waals surface area (Å²) in [5.74, 6) is 1.50. The van der Waals surface area contributed by atoms with E-state index in [4.69, 9.17) is 0 Å². The Morgan fingerprint density at radius 2 is 2.00 bits per heavy atom. The van der Waals surface area contributed by atoms with Crippen molar-refractivity contribution in [2.45, 2.75) is 58.5 Å². The number of aliphatic hydroxyl groups excluding tert-OH is 1. The summed E-state index contributed by atoms with van der Waals surface area (Å²) in [6.45, 7) is 4.48. The monoisotopic (exact) mass is 170 g/mol. The Balaban J connectivity index is 2.36. The average molecular weight is 170 g/mol. The minimum atomic E-state index is 0.00718. The van der Waals surface area contributed by atoms with Gasteiger partial charge in [-0.05, 0) is 37.5 Å². The van der Waals surface area contributed by atoms with Gasteiger partial charge in [0.2, 0.25) is 0 Å². The van der Waals surface area contributed by atoms with Crippen LogP contribution < -0.4 is 0 Å². The Morgan fingerprint density at radius 1 is 1.25 bits per heavy atom. The molecule has 1 nitrogen and oxygen atoms in total. The van der Waals surface area contributed by atoms with E-state index in [2.05, 4.69) is 13.8 Å². The molecule has 0 aliphatic heterocycles. The molecule has 0 aromatic carbocycles. The second kappa shape index (κ2) is 4.86. The Morgan fingerprint density at radius 3 is 2.58 bits per heavy atom. The summed E-state index contributed by atoms with van der Waals surface area (Å²) in [6, 6.07) is 0. The van der Waals surface area contributed by atoms with Gasteiger partial charge in [-0.25, -0.2) is 0 Å². The zero-order valence-electron chi connectivity index (χ0n) is 8.42. The van der Waals surface area contributed by atoms with E-state index in [0.717, 1.165) is 12.3 Å². The van der Waals surface area contributed by atoms with Crippen LogP contribution in [0.15, 0.2) is 0 Å². The van der Waals surface area contributed by atoms with Crippen LogP contribution in [-0.2, 0) is 0 Å². The van der Waals surface area contributed by atoms with E-state index in [1.807, 2.05) is 0 Å². The Kier molecular flexibility index (Phi) is 4.07. The van der Waals surface area contributed by atoms with Crippen molar-refractivity contribution in [1.29, 1.82) is 0 Å². The fourth-order valence-corrected chi connectivity index (χ4v) is 2.40. The van der Waals surface area contributed by atoms with Gasteiger partial charge in [-0.1, -0.05) is 26.7 Å². The summed E-state index contributed by atoms with van der Waals surface area (Å²) >= 11 is 0. The normalized spacial score (nSPS) is 36.8. The lowest BCUT2D eigenvalue weighted by atomic mass is 9.76. The first-order valence-corrected chi connectivity index (χ1v) is 5.46. The van der Waals surface area contributed by atoms with Crippen LogP contribution in [0.3, 0.4) is 0 Å². The quantitative estimate of drug-likeness (QED) is 0.690. The molecule has 0 heterocycles. The van der Waals surface area contributed by atoms with E-state index in [1.165, 1.54) is 32.1 Å². The molecule has 3 atom stereocenters. The first-order chi connectivity index (χ1) is 5.77. The van der Waals surface area contributed by atoms with Gasteiger partial charge in [-0.3, -0.25) is 0 Å². The molecule has 1 aliphatic rings. The zero-order valence-corrected chi connectivity index (χ0v) is 8.42. The summed E-state index contributed by atoms with van der Waals surface area (Å²) in [5, 5.41) is 9.71. The predicted octanol–water partition coefficient (Wildman–Crippen LogP) is 2.97. The fraction of sp³-hybridized carbons (Fsp3) is 1.00. The van der Waals surface area contributed by atoms with Crippen molar-refractivity contribution in [3.05, 3.63) is 0 Å². The maximum atomic E-state index is 9.71. The van der Waals surface area contributed by atoms with Gasteiger partial charge in [0.15, 0.2) is 0 Å². The molecular formula is C11H22O. The summed E-state index contributed by atoms with van der Waals surface area (Å²) in [4.78, 5) is 0. The van der Waals surface area contributed by atoms with Crippen LogP contribution in [0.25, 0.3) is 0 Å². The highest BCUT2D eigenvalue weighted by Gasteiger charge is 2.27. The average Bonchev–Trinajstić information content (AvgIpc) is 2.09. The highest BCUT2D eigenvalue weighted by molar-refractivity contribution is 4.78. The van der Waals surface area contributed by atoms with Gasteiger partial charge in [-0.2, -0.15) is 0 Å². The van der Waals surface area contributed by atoms with Crippen molar-refractivity contribution in [2.75, 3.05) is 0 Å². The Bertz CT molecular complexity index is 122. The lowest BCUT2D eigenvalue weighted by Gasteiger charge is -2.32. The second-order valence-electron chi connectivity index (χ2n) is 4.20. The summed E-state index contributed by atoms with van der Waals surface area (Å²) in [6.07, 6.45) is 7.31. The van der Waals surface area contributed by atoms with E-state index in [9.17, 15) is 5.11 Å². The van der Waals surface area contributed by atoms with Crippen molar-refractivity contribution in [1.82, 2.24) is 0 Å². The third-order valence-electron chi connectivity index (χ3n) is 3.29. The van der Waals surface area contributed by atoms with Crippen molar-refractivity contribution in [3.63, 3.8) is 0 Å². The first kappa shape index (κ1) is 10.0. The number of aliphatic hydroxyl groups is 1. The minimum absolute atomic E-state index is 0.00718. The third-order valence-corrected chi connectivity index (χ3v) is 3.29. The maximum Gasteiger partial charge on any atom is 0.0568 e. The molecule has 0 amide bonds. The molecular weight excluding hydrogens is 148 g/mol. The summed E-state index contributed by atoms with van der Waals surface area (Å²) in [5.41, 5.74) is 0. The van der Waals surface area contributed by atoms with Crippen LogP contribution in [0.5, 0.6) is 0 Å². The molecule has 12 heavy (non-hydrogen) atoms. The number of hydrogen-bond acceptors (Lipinski definition) is 1. The summed E-state index contributed by atoms with van der Waals surface area (Å²) < 4.78 is 0. The highest BCUT2D eigenvalue weighted by Crippen LogP contribution is 2.33. The molecule has 0 spiro atoms. The molecule has 1 N–H and O–H groups in total. The SMILES string of the molecule is CCCC1CC(CC)CCC1O. The van der Waals surface area contributed by atoms with E-state index in [1.54, 1.807) is 0 Å². The lowest BCUT2D eigenvalue weighted by molar-refractivity contribution is 0.0427. The van der Waals surface area contributed by atoms with Crippen molar-refractivity contribution >= 4 is 0 Å². The third kappa shape index (κ3) is 2.48. The lowest BCUT2D eigenvalue weighted by Crippen LogP contribution is -2.28. The van der Waals surface area contributed by atoms with Crippen LogP contribution in [-0.4, -0.2) is 11.2 Å². The van der Waals surface area contributed by atoms with Crippen molar-refractivity contribution in [2.24, 2.45) is 11.8 Å². The molecule has 1 fully saturated rings. The van der Waals surface area contributed by atoms with Crippen LogP contribution in [0.1, 0.15) is 52.4 Å². The number of rotatable bonds is 3. The maximum absolute atomic E-state index is 9.71. The van der Waals surface area contributed by atoms with Gasteiger partial charge in [0.25, 0.3) is 0 Å². The van der Waals surface area contributed by atoms with E-state index < -0.39 is 0 Å². The van der Waals surface area contributed by atoms with Gasteiger partial charge in [-0.15, -0.1) is 0 Å². The van der Waals surface area contributed by atoms with Gasteiger partial charge < -0.3 is 5.11 Å². The van der Waals surface area contributed by atoms with Gasteiger partial charge in [0.05, 0.1) is 6.10 Å². The molecule has 0 radical (unpaired) electrons. The predicted molar refractivity (Wildman–Crippen MR) is 52.0 cm³/mol. The number of hydrogen-bond donors (Lipinski definition) is 1. The Hall–Kier alpha value is -0.0400. The molecule has 1 rings (SSSR count). The largest absolute Gasteiger partial charge is 0.393 e. The first-order valence-electron chi connectivity index (χ1n) is 5.46. The highest BCUT2D eigenvalue weighted by atomic mass is 16.3. The van der Waals surface area contributed by atoms with Crippen LogP contribution >= 0.6 is 0 Å². The molecule has 1 aliphatic carbocycles. The molecule has 1 heteroatoms.